The summed E-state index contributed by atoms with van der Waals surface area (Å²) in [6.45, 7) is 5.09. The molecule has 0 bridgehead atoms. The van der Waals surface area contributed by atoms with Crippen LogP contribution >= 0.6 is 0 Å². The van der Waals surface area contributed by atoms with Gasteiger partial charge >= 0.3 is 5.97 Å². The number of allylic oxidation sites excluding steroid dienone is 14. The highest BCUT2D eigenvalue weighted by Gasteiger charge is 2.13. The van der Waals surface area contributed by atoms with E-state index in [2.05, 4.69) is 98.9 Å². The van der Waals surface area contributed by atoms with Crippen molar-refractivity contribution in [3.8, 4) is 0 Å². The summed E-state index contributed by atoms with van der Waals surface area (Å²) < 4.78 is 11.1. The minimum Gasteiger partial charge on any atom is -0.457 e. The highest BCUT2D eigenvalue weighted by molar-refractivity contribution is 5.69. The van der Waals surface area contributed by atoms with Crippen LogP contribution in [0.25, 0.3) is 0 Å². The smallest absolute Gasteiger partial charge is 0.306 e. The predicted molar refractivity (Wildman–Crippen MR) is 242 cm³/mol. The number of hydrogen-bond donors (Lipinski definition) is 1. The molecule has 0 aliphatic rings. The Morgan fingerprint density at radius 3 is 1.25 bits per heavy atom. The average Bonchev–Trinajstić information content (AvgIpc) is 3.19. The molecule has 0 fully saturated rings. The van der Waals surface area contributed by atoms with Gasteiger partial charge in [-0.2, -0.15) is 0 Å². The molecule has 0 aliphatic carbocycles. The summed E-state index contributed by atoms with van der Waals surface area (Å²) in [7, 11) is 0. The van der Waals surface area contributed by atoms with E-state index >= 15 is 0 Å². The number of hydrogen-bond acceptors (Lipinski definition) is 4. The summed E-state index contributed by atoms with van der Waals surface area (Å²) in [5, 5.41) is 9.61. The first-order chi connectivity index (χ1) is 27.2. The summed E-state index contributed by atoms with van der Waals surface area (Å²) in [5.41, 5.74) is 0. The van der Waals surface area contributed by atoms with E-state index < -0.39 is 6.10 Å². The lowest BCUT2D eigenvalue weighted by molar-refractivity contribution is -0.154. The van der Waals surface area contributed by atoms with Gasteiger partial charge in [0.05, 0.1) is 13.2 Å². The number of aliphatic hydroxyl groups excluding tert-OH is 1. The fourth-order valence-corrected chi connectivity index (χ4v) is 6.28. The largest absolute Gasteiger partial charge is 0.457 e. The second-order valence-corrected chi connectivity index (χ2v) is 15.1. The van der Waals surface area contributed by atoms with Crippen LogP contribution in [0.4, 0.5) is 0 Å². The molecule has 0 aromatic carbocycles. The number of esters is 1. The van der Waals surface area contributed by atoms with E-state index in [1.165, 1.54) is 122 Å². The molecule has 0 rings (SSSR count). The second kappa shape index (κ2) is 47.7. The Hall–Kier alpha value is -2.43. The molecule has 0 saturated heterocycles. The van der Waals surface area contributed by atoms with Crippen molar-refractivity contribution in [2.45, 2.75) is 213 Å². The van der Waals surface area contributed by atoms with Crippen LogP contribution < -0.4 is 0 Å². The highest BCUT2D eigenvalue weighted by atomic mass is 16.6. The Morgan fingerprint density at radius 1 is 0.455 bits per heavy atom. The maximum Gasteiger partial charge on any atom is 0.306 e. The number of unbranched alkanes of at least 4 members (excludes halogenated alkanes) is 20. The quantitative estimate of drug-likeness (QED) is 0.0382. The predicted octanol–water partition coefficient (Wildman–Crippen LogP) is 15.5. The van der Waals surface area contributed by atoms with Gasteiger partial charge in [0.15, 0.2) is 0 Å². The zero-order valence-corrected chi connectivity index (χ0v) is 36.2. The molecule has 1 N–H and O–H groups in total. The lowest BCUT2D eigenvalue weighted by Gasteiger charge is -2.15. The summed E-state index contributed by atoms with van der Waals surface area (Å²) in [6, 6.07) is 0. The van der Waals surface area contributed by atoms with Crippen LogP contribution in [-0.4, -0.2) is 37.0 Å². The van der Waals surface area contributed by atoms with Crippen LogP contribution in [0, 0.1) is 0 Å². The molecule has 4 heteroatoms. The van der Waals surface area contributed by atoms with Gasteiger partial charge < -0.3 is 14.6 Å². The molecule has 1 atom stereocenters. The molecule has 0 heterocycles. The van der Waals surface area contributed by atoms with Gasteiger partial charge in [0, 0.05) is 13.0 Å². The Bertz CT molecular complexity index is 985. The molecule has 55 heavy (non-hydrogen) atoms. The third-order valence-electron chi connectivity index (χ3n) is 9.70. The monoisotopic (exact) mass is 765 g/mol. The maximum atomic E-state index is 12.2. The van der Waals surface area contributed by atoms with Crippen LogP contribution in [0.1, 0.15) is 206 Å². The van der Waals surface area contributed by atoms with E-state index in [1.54, 1.807) is 0 Å². The third-order valence-corrected chi connectivity index (χ3v) is 9.70. The number of ether oxygens (including phenoxy) is 2. The molecule has 1 unspecified atom stereocenters. The van der Waals surface area contributed by atoms with Crippen molar-refractivity contribution >= 4 is 5.97 Å². The van der Waals surface area contributed by atoms with Gasteiger partial charge in [0.2, 0.25) is 0 Å². The fraction of sp³-hybridized carbons (Fsp3) is 0.706. The van der Waals surface area contributed by atoms with Crippen molar-refractivity contribution in [3.05, 3.63) is 85.1 Å². The molecule has 0 spiro atoms. The van der Waals surface area contributed by atoms with Gasteiger partial charge in [-0.25, -0.2) is 0 Å². The van der Waals surface area contributed by atoms with E-state index in [0.717, 1.165) is 64.2 Å². The zero-order chi connectivity index (χ0) is 39.8. The fourth-order valence-electron chi connectivity index (χ4n) is 6.28. The Morgan fingerprint density at radius 2 is 0.818 bits per heavy atom. The highest BCUT2D eigenvalue weighted by Crippen LogP contribution is 2.14. The summed E-state index contributed by atoms with van der Waals surface area (Å²) in [5.74, 6) is -0.223. The molecule has 0 saturated carbocycles. The molecule has 0 radical (unpaired) electrons. The third kappa shape index (κ3) is 45.9. The molecule has 4 nitrogen and oxygen atoms in total. The van der Waals surface area contributed by atoms with Crippen molar-refractivity contribution in [2.24, 2.45) is 0 Å². The average molecular weight is 765 g/mol. The van der Waals surface area contributed by atoms with Crippen LogP contribution in [0.3, 0.4) is 0 Å². The van der Waals surface area contributed by atoms with Gasteiger partial charge in [0.1, 0.15) is 6.10 Å². The SMILES string of the molecule is CC/C=C\C/C=C\C/C=C\C/C=C\C/C=C\C/C=C\CCCOCC(CO)OC(=O)CCCCCCCCCCCCC/C=C\CCCCCCCCCC. The van der Waals surface area contributed by atoms with Crippen molar-refractivity contribution in [1.29, 1.82) is 0 Å². The zero-order valence-electron chi connectivity index (χ0n) is 36.2. The summed E-state index contributed by atoms with van der Waals surface area (Å²) >= 11 is 0. The topological polar surface area (TPSA) is 55.8 Å². The Labute approximate surface area is 341 Å². The summed E-state index contributed by atoms with van der Waals surface area (Å²) in [6.07, 6.45) is 66.7. The van der Waals surface area contributed by atoms with Crippen molar-refractivity contribution < 1.29 is 19.4 Å². The number of rotatable bonds is 42. The van der Waals surface area contributed by atoms with E-state index in [9.17, 15) is 9.90 Å². The molecular weight excluding hydrogens is 677 g/mol. The molecular formula is C51H88O4. The lowest BCUT2D eigenvalue weighted by Crippen LogP contribution is -2.27. The Kier molecular flexibility index (Phi) is 45.6. The van der Waals surface area contributed by atoms with Crippen LogP contribution in [0.2, 0.25) is 0 Å². The maximum absolute atomic E-state index is 12.2. The molecule has 316 valence electrons. The first-order valence-corrected chi connectivity index (χ1v) is 23.2. The number of aliphatic hydroxyl groups is 1. The van der Waals surface area contributed by atoms with E-state index in [-0.39, 0.29) is 19.2 Å². The van der Waals surface area contributed by atoms with Gasteiger partial charge in [-0.15, -0.1) is 0 Å². The van der Waals surface area contributed by atoms with Crippen molar-refractivity contribution in [3.63, 3.8) is 0 Å². The standard InChI is InChI=1S/C51H88O4/c1-3-5-7-9-11-13-15-17-19-21-23-25-26-27-28-30-32-34-36-38-40-42-44-46-51(53)55-50(48-52)49-54-47-45-43-41-39-37-35-33-31-29-24-22-20-18-16-14-12-10-8-6-4-2/h6,8,12,14,18,20-21,23-24,29,33,35,39,41,50,52H,3-5,7,9-11,13,15-17,19,22,25-28,30-32,34,36-38,40,42-49H2,1-2H3/b8-6-,14-12-,20-18-,23-21-,29-24-,35-33-,41-39-. The number of carbonyl (C=O) groups is 1. The Balaban J connectivity index is 3.53. The lowest BCUT2D eigenvalue weighted by atomic mass is 10.0. The molecule has 0 aromatic heterocycles. The first-order valence-electron chi connectivity index (χ1n) is 23.2. The minimum absolute atomic E-state index is 0.199. The van der Waals surface area contributed by atoms with Crippen LogP contribution in [-0.2, 0) is 14.3 Å². The molecule has 0 aromatic rings. The first kappa shape index (κ1) is 52.6. The van der Waals surface area contributed by atoms with E-state index in [4.69, 9.17) is 9.47 Å². The normalized spacial score (nSPS) is 13.1. The minimum atomic E-state index is -0.570. The van der Waals surface area contributed by atoms with Crippen molar-refractivity contribution in [1.82, 2.24) is 0 Å². The van der Waals surface area contributed by atoms with Gasteiger partial charge in [-0.3, -0.25) is 4.79 Å². The van der Waals surface area contributed by atoms with E-state index in [1.807, 2.05) is 0 Å². The van der Waals surface area contributed by atoms with E-state index in [0.29, 0.717) is 13.0 Å². The molecule has 0 aliphatic heterocycles. The van der Waals surface area contributed by atoms with Gasteiger partial charge in [0.25, 0.3) is 0 Å². The summed E-state index contributed by atoms with van der Waals surface area (Å²) in [4.78, 5) is 12.2. The second-order valence-electron chi connectivity index (χ2n) is 15.1. The van der Waals surface area contributed by atoms with Gasteiger partial charge in [-0.05, 0) is 83.5 Å². The number of carbonyl (C=O) groups excluding carboxylic acids is 1. The van der Waals surface area contributed by atoms with Crippen molar-refractivity contribution in [2.75, 3.05) is 19.8 Å². The van der Waals surface area contributed by atoms with Gasteiger partial charge in [-0.1, -0.05) is 202 Å². The van der Waals surface area contributed by atoms with Crippen LogP contribution in [0.5, 0.6) is 0 Å². The molecule has 0 amide bonds. The van der Waals surface area contributed by atoms with Crippen LogP contribution in [0.15, 0.2) is 85.1 Å².